The molecule has 0 radical (unpaired) electrons. The second-order valence-electron chi connectivity index (χ2n) is 34.8. The summed E-state index contributed by atoms with van der Waals surface area (Å²) in [5.74, 6) is -1.80. The molecule has 3 saturated heterocycles. The van der Waals surface area contributed by atoms with Crippen molar-refractivity contribution in [2.24, 2.45) is 53.3 Å². The lowest BCUT2D eigenvalue weighted by molar-refractivity contribution is -0.121. The van der Waals surface area contributed by atoms with Gasteiger partial charge < -0.3 is 75.1 Å². The zero-order chi connectivity index (χ0) is 98.3. The van der Waals surface area contributed by atoms with Crippen molar-refractivity contribution in [2.75, 3.05) is 125 Å². The minimum Gasteiger partial charge on any atom is -0.478 e. The highest BCUT2D eigenvalue weighted by Gasteiger charge is 2.32. The van der Waals surface area contributed by atoms with E-state index in [1.54, 1.807) is 203 Å². The Balaban J connectivity index is 0.000000325. The number of Topliss-reactive ketones (excluding diaryl/α,β-unsaturated/α-hetero) is 3. The molecule has 3 atom stereocenters. The third kappa shape index (κ3) is 37.3. The number of benzene rings is 7. The van der Waals surface area contributed by atoms with E-state index >= 15 is 0 Å². The summed E-state index contributed by atoms with van der Waals surface area (Å²) in [6.07, 6.45) is 5.94. The summed E-state index contributed by atoms with van der Waals surface area (Å²) in [5, 5.41) is 26.5. The number of likely N-dealkylation sites (tertiary alicyclic amines) is 2. The maximum atomic E-state index is 12.7. The van der Waals surface area contributed by atoms with Gasteiger partial charge in [-0.1, -0.05) is 144 Å². The third-order valence-electron chi connectivity index (χ3n) is 20.9. The van der Waals surface area contributed by atoms with Gasteiger partial charge in [-0.25, -0.2) is 24.0 Å². The molecule has 0 saturated carbocycles. The number of carboxylic acid groups (broad SMARTS) is 1. The van der Waals surface area contributed by atoms with E-state index in [0.717, 1.165) is 44.6 Å². The van der Waals surface area contributed by atoms with Crippen LogP contribution in [0.2, 0.25) is 0 Å². The Bertz CT molecular complexity index is 5100. The summed E-state index contributed by atoms with van der Waals surface area (Å²) in [6, 6.07) is 48.0. The molecule has 6 N–H and O–H groups in total. The number of ether oxygens (including phenoxy) is 4. The van der Waals surface area contributed by atoms with Gasteiger partial charge in [-0.2, -0.15) is 5.26 Å². The molecular formula is C101H133N11O19. The van der Waals surface area contributed by atoms with Crippen LogP contribution in [0.5, 0.6) is 0 Å². The van der Waals surface area contributed by atoms with Gasteiger partial charge in [0.05, 0.1) is 43.6 Å². The van der Waals surface area contributed by atoms with Crippen LogP contribution >= 0.6 is 0 Å². The summed E-state index contributed by atoms with van der Waals surface area (Å²) in [4.78, 5) is 174. The first-order valence-corrected chi connectivity index (χ1v) is 43.7. The van der Waals surface area contributed by atoms with E-state index in [2.05, 4.69) is 36.4 Å². The fraction of sp³-hybridized carbons (Fsp3) is 0.436. The average Bonchev–Trinajstić information content (AvgIpc) is 1.74. The summed E-state index contributed by atoms with van der Waals surface area (Å²) in [7, 11) is 10.8. The number of carbonyl (C=O) groups is 14. The monoisotopic (exact) mass is 1800 g/mol. The van der Waals surface area contributed by atoms with Gasteiger partial charge in [0, 0.05) is 166 Å². The summed E-state index contributed by atoms with van der Waals surface area (Å²) in [6.45, 7) is 32.0. The minimum atomic E-state index is -0.993. The number of nitriles is 1. The van der Waals surface area contributed by atoms with Crippen molar-refractivity contribution < 1.29 is 91.2 Å². The van der Waals surface area contributed by atoms with Gasteiger partial charge in [0.2, 0.25) is 35.4 Å². The van der Waals surface area contributed by atoms with Crippen molar-refractivity contribution in [1.82, 2.24) is 15.1 Å². The van der Waals surface area contributed by atoms with Gasteiger partial charge in [0.15, 0.2) is 23.5 Å². The number of methoxy groups -OCH3 is 3. The molecule has 7 amide bonds. The highest BCUT2D eigenvalue weighted by Crippen LogP contribution is 2.29. The van der Waals surface area contributed by atoms with Gasteiger partial charge in [0.25, 0.3) is 0 Å². The molecule has 30 heteroatoms. The van der Waals surface area contributed by atoms with Crippen molar-refractivity contribution in [3.05, 3.63) is 209 Å². The van der Waals surface area contributed by atoms with E-state index < -0.39 is 23.5 Å². The maximum Gasteiger partial charge on any atom is 0.410 e. The molecule has 0 aromatic heterocycles. The zero-order valence-electron chi connectivity index (χ0n) is 79.9. The number of esters is 3. The number of carboxylic acids is 1. The number of amides is 7. The Morgan fingerprint density at radius 3 is 1.10 bits per heavy atom. The van der Waals surface area contributed by atoms with Crippen LogP contribution in [0.15, 0.2) is 170 Å². The SMILES string of the molecule is CC(C)C(=O)N(C)c1cccc(C(=O)C[C@@H]2CCN(C(=O)OC(C)(C)C)C2)c1.CC(C)C(=O)N(C)c1cccc(C(=O)C[C@@H]2CCNC2)c1.CC(C)C(=O)N(C)c1cccc(C(=O)O)c1.CC(C)C(=O)Nc1cccc(C(=O)C[C@@H]2CCN(C#N)C2)c1.COC(=O)c1cccc(N(C)C(=O)C(C)C)c1.COC(=O)c1cccc(N)c1.COC(=O)c1cccc(NC(=O)C(C)C)c1. The number of hydrogen-bond acceptors (Lipinski definition) is 22. The summed E-state index contributed by atoms with van der Waals surface area (Å²) < 4.78 is 19.1. The lowest BCUT2D eigenvalue weighted by Gasteiger charge is -2.24. The molecule has 10 rings (SSSR count). The number of ketones is 3. The van der Waals surface area contributed by atoms with Crippen LogP contribution in [-0.2, 0) is 47.7 Å². The number of anilines is 7. The first kappa shape index (κ1) is 110. The predicted octanol–water partition coefficient (Wildman–Crippen LogP) is 16.5. The number of nitrogens with zero attached hydrogens (tertiary/aromatic N) is 7. The Kier molecular flexibility index (Phi) is 45.4. The van der Waals surface area contributed by atoms with Gasteiger partial charge in [-0.3, -0.25) is 43.2 Å². The zero-order valence-corrected chi connectivity index (χ0v) is 79.9. The molecular weight excluding hydrogens is 1670 g/mol. The second-order valence-corrected chi connectivity index (χ2v) is 34.8. The highest BCUT2D eigenvalue weighted by atomic mass is 16.6. The van der Waals surface area contributed by atoms with Crippen molar-refractivity contribution >= 4 is 123 Å². The van der Waals surface area contributed by atoms with Gasteiger partial charge in [0.1, 0.15) is 5.60 Å². The second kappa shape index (κ2) is 54.1. The van der Waals surface area contributed by atoms with Gasteiger partial charge in [-0.15, -0.1) is 0 Å². The number of nitrogens with one attached hydrogen (secondary N) is 3. The number of nitrogens with two attached hydrogens (primary N) is 1. The molecule has 30 nitrogen and oxygen atoms in total. The van der Waals surface area contributed by atoms with Crippen LogP contribution in [0.25, 0.3) is 0 Å². The van der Waals surface area contributed by atoms with Crippen molar-refractivity contribution in [1.29, 1.82) is 5.26 Å². The Morgan fingerprint density at radius 1 is 0.435 bits per heavy atom. The quantitative estimate of drug-likeness (QED) is 0.0117. The van der Waals surface area contributed by atoms with E-state index in [0.29, 0.717) is 112 Å². The van der Waals surface area contributed by atoms with E-state index in [-0.39, 0.29) is 118 Å². The molecule has 0 unspecified atom stereocenters. The highest BCUT2D eigenvalue weighted by molar-refractivity contribution is 6.03. The average molecular weight is 1810 g/mol. The number of nitrogen functional groups attached to an aromatic ring is 1. The fourth-order valence-corrected chi connectivity index (χ4v) is 13.2. The Hall–Kier alpha value is -13.4. The molecule has 7 aromatic rings. The van der Waals surface area contributed by atoms with Crippen molar-refractivity contribution in [3.8, 4) is 6.19 Å². The summed E-state index contributed by atoms with van der Waals surface area (Å²) in [5.41, 5.74) is 12.9. The maximum absolute atomic E-state index is 12.7. The number of aromatic carboxylic acids is 1. The van der Waals surface area contributed by atoms with Gasteiger partial charge in [-0.05, 0) is 180 Å². The summed E-state index contributed by atoms with van der Waals surface area (Å²) >= 11 is 0. The van der Waals surface area contributed by atoms with Crippen LogP contribution in [-0.4, -0.2) is 192 Å². The van der Waals surface area contributed by atoms with E-state index in [4.69, 9.17) is 20.8 Å². The molecule has 0 spiro atoms. The first-order valence-electron chi connectivity index (χ1n) is 43.7. The number of rotatable bonds is 25. The van der Waals surface area contributed by atoms with E-state index in [1.807, 2.05) is 106 Å². The van der Waals surface area contributed by atoms with E-state index in [9.17, 15) is 67.1 Å². The van der Waals surface area contributed by atoms with Gasteiger partial charge >= 0.3 is 30.0 Å². The van der Waals surface area contributed by atoms with Crippen LogP contribution in [0.4, 0.5) is 44.6 Å². The Labute approximate surface area is 771 Å². The Morgan fingerprint density at radius 2 is 0.756 bits per heavy atom. The first-order chi connectivity index (χ1) is 61.6. The van der Waals surface area contributed by atoms with Crippen LogP contribution < -0.4 is 41.3 Å². The smallest absolute Gasteiger partial charge is 0.410 e. The van der Waals surface area contributed by atoms with Crippen molar-refractivity contribution in [2.45, 2.75) is 148 Å². The van der Waals surface area contributed by atoms with E-state index in [1.165, 1.54) is 43.3 Å². The molecule has 706 valence electrons. The normalized spacial score (nSPS) is 14.0. The van der Waals surface area contributed by atoms with Crippen molar-refractivity contribution in [3.63, 3.8) is 0 Å². The third-order valence-corrected chi connectivity index (χ3v) is 20.9. The van der Waals surface area contributed by atoms with Crippen LogP contribution in [0.3, 0.4) is 0 Å². The lowest BCUT2D eigenvalue weighted by Crippen LogP contribution is -2.35. The standard InChI is InChI=1S/C22H32N2O4.C17H21N3O2.C17H24N2O2.C13H17NO3.2C12H15NO3.C8H9NO2/c1-15(2)20(26)23(6)18-9-7-8-17(13-18)19(25)12-16-10-11-24(14-16)21(27)28-22(3,4)5;1-12(2)17(22)19-15-5-3-4-14(9-15)16(21)8-13-6-7-20(10-13)11-18;1-12(2)17(21)19(3)15-6-4-5-14(10-15)16(20)9-13-7-8-18-11-13;1-9(2)12(15)14(3)11-7-5-6-10(8-11)13(16)17-4;1-8(2)11(14)13-10-6-4-5-9(7-10)12(15)16-3;1-8(2)11(14)13(3)10-6-4-5-9(7-10)12(15)16;1-11-8(10)6-3-2-4-7(9)5-6/h7-9,13,15-16H,10-12,14H2,1-6H3;3-5,9,12-13H,6-8,10H2,1-2H3,(H,19,22);4-6,10,12-13,18H,7-9,11H2,1-3H3;5-9H,1-4H3;4-8H,1-3H3,(H,13,14);4-8H,1-3H3,(H,15,16);2-5H,9H2,1H3/t16-;2*13-;;;;/m000..../s1. The largest absolute Gasteiger partial charge is 0.478 e. The molecule has 7 aromatic carbocycles. The van der Waals surface area contributed by atoms with Crippen LogP contribution in [0, 0.1) is 64.7 Å². The van der Waals surface area contributed by atoms with Crippen LogP contribution in [0.1, 0.15) is 215 Å². The fourth-order valence-electron chi connectivity index (χ4n) is 13.2. The molecule has 131 heavy (non-hydrogen) atoms. The number of carbonyl (C=O) groups excluding carboxylic acids is 13. The molecule has 3 heterocycles. The minimum absolute atomic E-state index is 0.00650. The topological polar surface area (TPSA) is 401 Å². The number of hydrogen-bond donors (Lipinski definition) is 5. The molecule has 0 bridgehead atoms. The molecule has 3 aliphatic rings. The predicted molar refractivity (Wildman–Crippen MR) is 509 cm³/mol. The molecule has 3 fully saturated rings. The molecule has 0 aliphatic carbocycles. The molecule has 3 aliphatic heterocycles. The lowest BCUT2D eigenvalue weighted by atomic mass is 9.97.